The molecule has 0 aliphatic rings. The van der Waals surface area contributed by atoms with E-state index in [4.69, 9.17) is 0 Å². The number of guanidine groups is 1. The Labute approximate surface area is 127 Å². The number of nitrogens with one attached hydrogen (secondary N) is 2. The average Bonchev–Trinajstić information content (AvgIpc) is 2.27. The smallest absolute Gasteiger partial charge is 0.191 e. The van der Waals surface area contributed by atoms with Gasteiger partial charge < -0.3 is 10.6 Å². The molecule has 1 rings (SSSR count). The minimum Gasteiger partial charge on any atom is -0.356 e. The quantitative estimate of drug-likeness (QED) is 0.494. The molecule has 0 radical (unpaired) electrons. The Morgan fingerprint density at radius 1 is 1.17 bits per heavy atom. The van der Waals surface area contributed by atoms with Crippen molar-refractivity contribution in [3.63, 3.8) is 0 Å². The summed E-state index contributed by atoms with van der Waals surface area (Å²) in [6.07, 6.45) is 1.01. The van der Waals surface area contributed by atoms with E-state index in [1.165, 1.54) is 5.56 Å². The van der Waals surface area contributed by atoms with Crippen LogP contribution in [0.4, 0.5) is 0 Å². The molecule has 0 atom stereocenters. The molecule has 0 aromatic heterocycles. The lowest BCUT2D eigenvalue weighted by Gasteiger charge is -2.23. The van der Waals surface area contributed by atoms with E-state index < -0.39 is 0 Å². The molecule has 102 valence electrons. The standard InChI is InChI=1S/C14H23N3.HI/c1-14(2,3)17-13(15-4)16-11-10-12-8-6-5-7-9-12;/h5-9H,10-11H2,1-4H3,(H2,15,16,17);1H. The molecule has 0 aliphatic carbocycles. The normalized spacial score (nSPS) is 11.7. The minimum absolute atomic E-state index is 0. The Bertz CT molecular complexity index is 355. The molecule has 18 heavy (non-hydrogen) atoms. The second-order valence-corrected chi connectivity index (χ2v) is 5.11. The molecule has 0 aliphatic heterocycles. The fraction of sp³-hybridized carbons (Fsp3) is 0.500. The fourth-order valence-corrected chi connectivity index (χ4v) is 1.50. The molecular weight excluding hydrogens is 337 g/mol. The van der Waals surface area contributed by atoms with Gasteiger partial charge in [0.05, 0.1) is 0 Å². The Balaban J connectivity index is 0.00000289. The SMILES string of the molecule is CN=C(NCCc1ccccc1)NC(C)(C)C.I. The summed E-state index contributed by atoms with van der Waals surface area (Å²) in [6.45, 7) is 7.25. The first-order valence-corrected chi connectivity index (χ1v) is 6.04. The zero-order valence-corrected chi connectivity index (χ0v) is 14.0. The first-order valence-electron chi connectivity index (χ1n) is 6.04. The van der Waals surface area contributed by atoms with Crippen LogP contribution in [0.2, 0.25) is 0 Å². The van der Waals surface area contributed by atoms with Crippen LogP contribution >= 0.6 is 24.0 Å². The highest BCUT2D eigenvalue weighted by molar-refractivity contribution is 14.0. The van der Waals surface area contributed by atoms with Crippen molar-refractivity contribution in [2.24, 2.45) is 4.99 Å². The monoisotopic (exact) mass is 361 g/mol. The van der Waals surface area contributed by atoms with Gasteiger partial charge in [0.2, 0.25) is 0 Å². The molecule has 0 heterocycles. The van der Waals surface area contributed by atoms with Crippen molar-refractivity contribution in [3.05, 3.63) is 35.9 Å². The van der Waals surface area contributed by atoms with Crippen molar-refractivity contribution in [3.8, 4) is 0 Å². The molecule has 0 spiro atoms. The number of hydrogen-bond acceptors (Lipinski definition) is 1. The van der Waals surface area contributed by atoms with E-state index in [0.717, 1.165) is 18.9 Å². The van der Waals surface area contributed by atoms with Crippen LogP contribution in [0.25, 0.3) is 0 Å². The maximum Gasteiger partial charge on any atom is 0.191 e. The second kappa shape index (κ2) is 8.34. The van der Waals surface area contributed by atoms with Gasteiger partial charge in [-0.1, -0.05) is 30.3 Å². The molecule has 4 heteroatoms. The molecule has 0 fully saturated rings. The summed E-state index contributed by atoms with van der Waals surface area (Å²) in [5.41, 5.74) is 1.38. The summed E-state index contributed by atoms with van der Waals surface area (Å²) in [7, 11) is 1.80. The summed E-state index contributed by atoms with van der Waals surface area (Å²) < 4.78 is 0. The summed E-state index contributed by atoms with van der Waals surface area (Å²) in [5.74, 6) is 0.855. The molecule has 2 N–H and O–H groups in total. The summed E-state index contributed by atoms with van der Waals surface area (Å²) in [5, 5.41) is 6.64. The molecule has 1 aromatic rings. The highest BCUT2D eigenvalue weighted by Gasteiger charge is 2.10. The predicted molar refractivity (Wildman–Crippen MR) is 89.8 cm³/mol. The lowest BCUT2D eigenvalue weighted by molar-refractivity contribution is 0.501. The predicted octanol–water partition coefficient (Wildman–Crippen LogP) is 2.81. The van der Waals surface area contributed by atoms with Crippen molar-refractivity contribution in [1.29, 1.82) is 0 Å². The van der Waals surface area contributed by atoms with Crippen LogP contribution in [0.3, 0.4) is 0 Å². The van der Waals surface area contributed by atoms with E-state index in [1.54, 1.807) is 7.05 Å². The van der Waals surface area contributed by atoms with Gasteiger partial charge in [0.25, 0.3) is 0 Å². The van der Waals surface area contributed by atoms with Crippen LogP contribution in [-0.2, 0) is 6.42 Å². The number of nitrogens with zero attached hydrogens (tertiary/aromatic N) is 1. The number of rotatable bonds is 3. The van der Waals surface area contributed by atoms with Crippen LogP contribution in [-0.4, -0.2) is 25.1 Å². The van der Waals surface area contributed by atoms with Crippen molar-refractivity contribution < 1.29 is 0 Å². The first kappa shape index (κ1) is 17.2. The average molecular weight is 361 g/mol. The third-order valence-corrected chi connectivity index (χ3v) is 2.27. The Morgan fingerprint density at radius 3 is 2.28 bits per heavy atom. The third kappa shape index (κ3) is 7.53. The van der Waals surface area contributed by atoms with Crippen molar-refractivity contribution >= 4 is 29.9 Å². The van der Waals surface area contributed by atoms with Gasteiger partial charge in [-0.2, -0.15) is 0 Å². The lowest BCUT2D eigenvalue weighted by atomic mass is 10.1. The van der Waals surface area contributed by atoms with Crippen LogP contribution in [0.5, 0.6) is 0 Å². The summed E-state index contributed by atoms with van der Waals surface area (Å²) >= 11 is 0. The van der Waals surface area contributed by atoms with Gasteiger partial charge in [0, 0.05) is 19.1 Å². The molecule has 0 saturated carbocycles. The van der Waals surface area contributed by atoms with Gasteiger partial charge in [0.15, 0.2) is 5.96 Å². The van der Waals surface area contributed by atoms with Gasteiger partial charge in [-0.05, 0) is 32.8 Å². The highest BCUT2D eigenvalue weighted by atomic mass is 127. The minimum atomic E-state index is 0. The Kier molecular flexibility index (Phi) is 7.98. The lowest BCUT2D eigenvalue weighted by Crippen LogP contribution is -2.48. The van der Waals surface area contributed by atoms with Gasteiger partial charge >= 0.3 is 0 Å². The van der Waals surface area contributed by atoms with Crippen molar-refractivity contribution in [1.82, 2.24) is 10.6 Å². The highest BCUT2D eigenvalue weighted by Crippen LogP contribution is 1.99. The van der Waals surface area contributed by atoms with E-state index in [2.05, 4.69) is 60.7 Å². The van der Waals surface area contributed by atoms with E-state index in [9.17, 15) is 0 Å². The molecule has 0 amide bonds. The van der Waals surface area contributed by atoms with Crippen LogP contribution < -0.4 is 10.6 Å². The number of benzene rings is 1. The van der Waals surface area contributed by atoms with Crippen LogP contribution in [0, 0.1) is 0 Å². The summed E-state index contributed by atoms with van der Waals surface area (Å²) in [6, 6.07) is 10.5. The molecule has 0 bridgehead atoms. The molecular formula is C14H24IN3. The molecule has 3 nitrogen and oxygen atoms in total. The Morgan fingerprint density at radius 2 is 1.78 bits per heavy atom. The fourth-order valence-electron chi connectivity index (χ4n) is 1.50. The van der Waals surface area contributed by atoms with Crippen molar-refractivity contribution in [2.75, 3.05) is 13.6 Å². The zero-order valence-electron chi connectivity index (χ0n) is 11.7. The molecule has 0 saturated heterocycles. The van der Waals surface area contributed by atoms with Gasteiger partial charge in [0.1, 0.15) is 0 Å². The first-order chi connectivity index (χ1) is 8.01. The van der Waals surface area contributed by atoms with Crippen molar-refractivity contribution in [2.45, 2.75) is 32.7 Å². The van der Waals surface area contributed by atoms with Gasteiger partial charge in [-0.3, -0.25) is 4.99 Å². The molecule has 1 aromatic carbocycles. The van der Waals surface area contributed by atoms with Crippen LogP contribution in [0.1, 0.15) is 26.3 Å². The topological polar surface area (TPSA) is 36.4 Å². The summed E-state index contributed by atoms with van der Waals surface area (Å²) in [4.78, 5) is 4.20. The molecule has 0 unspecified atom stereocenters. The van der Waals surface area contributed by atoms with E-state index in [0.29, 0.717) is 0 Å². The largest absolute Gasteiger partial charge is 0.356 e. The third-order valence-electron chi connectivity index (χ3n) is 2.27. The number of halogens is 1. The van der Waals surface area contributed by atoms with Gasteiger partial charge in [-0.25, -0.2) is 0 Å². The second-order valence-electron chi connectivity index (χ2n) is 5.11. The zero-order chi connectivity index (χ0) is 12.7. The Hall–Kier alpha value is -0.780. The number of aliphatic imine (C=N–C) groups is 1. The van der Waals surface area contributed by atoms with E-state index >= 15 is 0 Å². The van der Waals surface area contributed by atoms with Crippen LogP contribution in [0.15, 0.2) is 35.3 Å². The number of hydrogen-bond donors (Lipinski definition) is 2. The maximum absolute atomic E-state index is 4.20. The van der Waals surface area contributed by atoms with E-state index in [-0.39, 0.29) is 29.5 Å². The maximum atomic E-state index is 4.20. The van der Waals surface area contributed by atoms with Gasteiger partial charge in [-0.15, -0.1) is 24.0 Å². The van der Waals surface area contributed by atoms with E-state index in [1.807, 2.05) is 6.07 Å².